The zero-order valence-corrected chi connectivity index (χ0v) is 85.3. The number of benzene rings is 23. The Morgan fingerprint density at radius 2 is 0.455 bits per heavy atom. The fraction of sp³-hybridized carbons (Fsp3) is 0.171. The summed E-state index contributed by atoms with van der Waals surface area (Å²) in [4.78, 5) is 0. The van der Waals surface area contributed by atoms with Gasteiger partial charge in [-0.05, 0) is 309 Å². The Balaban J connectivity index is 0.000000124. The number of fused-ring (bicyclic) bond motifs is 17. The van der Waals surface area contributed by atoms with E-state index < -0.39 is 0 Å². The van der Waals surface area contributed by atoms with Gasteiger partial charge in [0.05, 0.1) is 0 Å². The average molecular weight is 1900 g/mol. The molecule has 0 N–H and O–H groups in total. The molecule has 0 aliphatic rings. The second kappa shape index (κ2) is 42.9. The van der Waals surface area contributed by atoms with Crippen LogP contribution in [0, 0.1) is 27.7 Å². The fourth-order valence-corrected chi connectivity index (χ4v) is 25.1. The van der Waals surface area contributed by atoms with Crippen LogP contribution in [0.15, 0.2) is 413 Å². The van der Waals surface area contributed by atoms with E-state index in [2.05, 4.69) is 465 Å². The maximum absolute atomic E-state index is 4.38. The van der Waals surface area contributed by atoms with Gasteiger partial charge < -0.3 is 0 Å². The molecule has 0 amide bonds. The molecular formula is C140H122S3. The Hall–Kier alpha value is -14.2. The first kappa shape index (κ1) is 93.8. The smallest absolute Gasteiger partial charge is 0.0434 e. The molecule has 0 saturated carbocycles. The molecule has 700 valence electrons. The van der Waals surface area contributed by atoms with E-state index in [1.165, 1.54) is 364 Å². The van der Waals surface area contributed by atoms with Crippen molar-refractivity contribution in [3.63, 3.8) is 0 Å². The lowest BCUT2D eigenvalue weighted by Crippen LogP contribution is -1.95. The molecule has 0 unspecified atom stereocenters. The summed E-state index contributed by atoms with van der Waals surface area (Å²) in [7, 11) is 0. The minimum atomic E-state index is 1.01. The number of aryl methyl sites for hydroxylation is 6. The lowest BCUT2D eigenvalue weighted by atomic mass is 9.81. The average Bonchev–Trinajstić information content (AvgIpc) is 1.19. The van der Waals surface area contributed by atoms with Gasteiger partial charge in [0.1, 0.15) is 0 Å². The molecule has 143 heavy (non-hydrogen) atoms. The summed E-state index contributed by atoms with van der Waals surface area (Å²) < 4.78 is 2.72. The first-order chi connectivity index (χ1) is 70.6. The van der Waals surface area contributed by atoms with Gasteiger partial charge >= 0.3 is 0 Å². The van der Waals surface area contributed by atoms with Crippen molar-refractivity contribution < 1.29 is 0 Å². The molecule has 0 saturated heterocycles. The highest BCUT2D eigenvalue weighted by atomic mass is 32.1. The summed E-state index contributed by atoms with van der Waals surface area (Å²) in [5, 5.41) is 31.4. The summed E-state index contributed by atoms with van der Waals surface area (Å²) >= 11 is 10.6. The number of hydrogen-bond donors (Lipinski definition) is 2. The molecule has 23 aromatic carbocycles. The van der Waals surface area contributed by atoms with Crippen LogP contribution < -0.4 is 0 Å². The third-order valence-electron chi connectivity index (χ3n) is 30.2. The van der Waals surface area contributed by atoms with E-state index in [4.69, 9.17) is 0 Å². The Labute approximate surface area is 858 Å². The van der Waals surface area contributed by atoms with Gasteiger partial charge in [-0.25, -0.2) is 0 Å². The number of hydrogen-bond acceptors (Lipinski definition) is 3. The van der Waals surface area contributed by atoms with Crippen LogP contribution in [0.3, 0.4) is 0 Å². The van der Waals surface area contributed by atoms with Crippen LogP contribution in [0.1, 0.15) is 136 Å². The summed E-state index contributed by atoms with van der Waals surface area (Å²) in [6.07, 6.45) is 23.3. The van der Waals surface area contributed by atoms with Crippen molar-refractivity contribution in [3.05, 3.63) is 446 Å². The van der Waals surface area contributed by atoms with Crippen molar-refractivity contribution in [1.29, 1.82) is 0 Å². The first-order valence-electron chi connectivity index (χ1n) is 52.3. The van der Waals surface area contributed by atoms with Crippen molar-refractivity contribution in [2.24, 2.45) is 0 Å². The quantitative estimate of drug-likeness (QED) is 0.0208. The van der Waals surface area contributed by atoms with Crippen LogP contribution in [0.4, 0.5) is 0 Å². The van der Waals surface area contributed by atoms with E-state index in [0.717, 1.165) is 24.3 Å². The molecule has 0 nitrogen and oxygen atoms in total. The summed E-state index contributed by atoms with van der Waals surface area (Å²) in [5.74, 6) is 2.04. The Bertz CT molecular complexity index is 8750. The monoisotopic (exact) mass is 1900 g/mol. The summed E-state index contributed by atoms with van der Waals surface area (Å²) in [6, 6.07) is 155. The number of rotatable bonds is 28. The fourth-order valence-electron chi connectivity index (χ4n) is 23.4. The maximum Gasteiger partial charge on any atom is 0.0434 e. The van der Waals surface area contributed by atoms with Gasteiger partial charge in [0.25, 0.3) is 0 Å². The Kier molecular flexibility index (Phi) is 28.2. The standard InChI is InChI=1S/C55H50S.C43H42S2.C42H30/c1-38-28-30-51-53(33-38)55(43-35-39(19-9-6-4-2-3-5-7-18-32-56)34-42(36-43)40-20-10-8-11-21-40)50-27-17-16-26-49(50)54(51)41-29-31-48-46-24-13-12-22-44(46)45-23-14-15-25-47(45)52(48)37-41;1-30-25-26-36-39(28-30)41(32-18-14-17-31(29-32)16-8-6-4-2-3-5-7-13-27-44)34-20-9-10-21-35(34)42(36)38-23-15-22-37-33-19-11-12-24-40(33)45-43(37)38;1-27-20-23-30(24-21-27)40-33-16-8-11-19-36(33)42(37-25-22-28(2)26-38(37)40)41-34-17-9-6-14-31(34)39(29-12-4-3-5-13-29)32-15-7-10-18-35(32)41/h8,10-17,20-31,33-37,56H,2-7,9,18-19,32H2,1H3;9-12,14-15,17-26,28-29,44H,2-8,13,16,27H2,1H3;3-26H,1-2H3. The molecule has 0 fully saturated rings. The normalized spacial score (nSPS) is 11.7. The molecule has 24 rings (SSSR count). The molecule has 0 bridgehead atoms. The molecular weight excluding hydrogens is 1780 g/mol. The molecule has 0 radical (unpaired) electrons. The van der Waals surface area contributed by atoms with Crippen molar-refractivity contribution >= 4 is 175 Å². The predicted octanol–water partition coefficient (Wildman–Crippen LogP) is 41.9. The van der Waals surface area contributed by atoms with E-state index in [0.29, 0.717) is 0 Å². The number of unbranched alkanes of at least 4 members (excludes halogenated alkanes) is 14. The van der Waals surface area contributed by atoms with Crippen LogP contribution in [-0.4, -0.2) is 11.5 Å². The van der Waals surface area contributed by atoms with E-state index in [9.17, 15) is 0 Å². The second-order valence-corrected chi connectivity index (χ2v) is 41.8. The van der Waals surface area contributed by atoms with Gasteiger partial charge in [0.15, 0.2) is 0 Å². The Morgan fingerprint density at radius 3 is 0.944 bits per heavy atom. The van der Waals surface area contributed by atoms with Gasteiger partial charge in [-0.2, -0.15) is 25.3 Å². The first-order valence-corrected chi connectivity index (χ1v) is 54.3. The van der Waals surface area contributed by atoms with Gasteiger partial charge in [0, 0.05) is 25.7 Å². The third kappa shape index (κ3) is 19.1. The topological polar surface area (TPSA) is 0 Å². The highest BCUT2D eigenvalue weighted by molar-refractivity contribution is 7.80. The van der Waals surface area contributed by atoms with Gasteiger partial charge in [-0.3, -0.25) is 0 Å². The highest BCUT2D eigenvalue weighted by Gasteiger charge is 2.27. The van der Waals surface area contributed by atoms with Gasteiger partial charge in [-0.1, -0.05) is 494 Å². The van der Waals surface area contributed by atoms with Crippen molar-refractivity contribution in [3.8, 4) is 89.0 Å². The van der Waals surface area contributed by atoms with E-state index in [1.54, 1.807) is 0 Å². The Morgan fingerprint density at radius 1 is 0.161 bits per heavy atom. The van der Waals surface area contributed by atoms with Crippen molar-refractivity contribution in [2.75, 3.05) is 11.5 Å². The molecule has 3 heteroatoms. The largest absolute Gasteiger partial charge is 0.179 e. The minimum Gasteiger partial charge on any atom is -0.179 e. The third-order valence-corrected chi connectivity index (χ3v) is 32.0. The molecule has 0 spiro atoms. The van der Waals surface area contributed by atoms with E-state index >= 15 is 0 Å². The number of thiol groups is 2. The van der Waals surface area contributed by atoms with Crippen molar-refractivity contribution in [2.45, 2.75) is 143 Å². The molecule has 1 heterocycles. The molecule has 0 atom stereocenters. The SMILES string of the molecule is Cc1ccc(-c2c3ccccc3c(-c3c4ccccc4c(-c4ccccc4)c4ccccc34)c3ccc(C)cc23)cc1.Cc1ccc2c(-c3ccc4c5ccccc5c5ccccc5c4c3)c3ccccc3c(-c3cc(CCCCCCCCCCS)cc(-c4ccccc4)c3)c2c1.Cc1ccc2c(-c3cccc4c3sc3ccccc34)c3ccccc3c(-c3cccc(CCCCCCCCCCS)c3)c2c1. The van der Waals surface area contributed by atoms with E-state index in [-0.39, 0.29) is 0 Å². The van der Waals surface area contributed by atoms with Crippen LogP contribution in [-0.2, 0) is 12.8 Å². The molecule has 24 aromatic rings. The lowest BCUT2D eigenvalue weighted by Gasteiger charge is -2.22. The molecule has 1 aromatic heterocycles. The van der Waals surface area contributed by atoms with Crippen LogP contribution in [0.2, 0.25) is 0 Å². The van der Waals surface area contributed by atoms with E-state index in [1.807, 2.05) is 11.3 Å². The maximum atomic E-state index is 4.38. The van der Waals surface area contributed by atoms with Crippen molar-refractivity contribution in [1.82, 2.24) is 0 Å². The summed E-state index contributed by atoms with van der Waals surface area (Å²) in [6.45, 7) is 8.81. The zero-order valence-electron chi connectivity index (χ0n) is 82.7. The van der Waals surface area contributed by atoms with Gasteiger partial charge in [-0.15, -0.1) is 11.3 Å². The predicted molar refractivity (Wildman–Crippen MR) is 636 cm³/mol. The summed E-state index contributed by atoms with van der Waals surface area (Å²) in [5.41, 5.74) is 28.9. The minimum absolute atomic E-state index is 1.01. The molecule has 0 aliphatic carbocycles. The van der Waals surface area contributed by atoms with Crippen LogP contribution in [0.5, 0.6) is 0 Å². The lowest BCUT2D eigenvalue weighted by molar-refractivity contribution is 0.577. The highest BCUT2D eigenvalue weighted by Crippen LogP contribution is 2.54. The number of thiophene rings is 1. The molecule has 0 aliphatic heterocycles. The van der Waals surface area contributed by atoms with Gasteiger partial charge in [0.2, 0.25) is 0 Å². The van der Waals surface area contributed by atoms with Crippen LogP contribution in [0.25, 0.3) is 228 Å². The van der Waals surface area contributed by atoms with Crippen LogP contribution >= 0.6 is 36.6 Å². The second-order valence-electron chi connectivity index (χ2n) is 39.8. The zero-order chi connectivity index (χ0) is 96.6.